The molecule has 0 aliphatic carbocycles. The molecule has 0 unspecified atom stereocenters. The zero-order chi connectivity index (χ0) is 19.6. The first-order valence-electron chi connectivity index (χ1n) is 10.0. The van der Waals surface area contributed by atoms with E-state index < -0.39 is 0 Å². The molecule has 3 heterocycles. The number of likely N-dealkylation sites (tertiary alicyclic amines) is 1. The van der Waals surface area contributed by atoms with Gasteiger partial charge in [0.15, 0.2) is 5.78 Å². The minimum absolute atomic E-state index is 0.00135. The van der Waals surface area contributed by atoms with Gasteiger partial charge in [-0.25, -0.2) is 0 Å². The molecule has 0 radical (unpaired) electrons. The molecule has 146 valence electrons. The van der Waals surface area contributed by atoms with Crippen molar-refractivity contribution in [3.63, 3.8) is 0 Å². The molecule has 4 aromatic rings. The molecule has 6 nitrogen and oxygen atoms in total. The number of ketones is 1. The smallest absolute Gasteiger partial charge is 0.188 e. The molecule has 2 aromatic heterocycles. The summed E-state index contributed by atoms with van der Waals surface area (Å²) in [4.78, 5) is 15.2. The lowest BCUT2D eigenvalue weighted by atomic mass is 10.1. The van der Waals surface area contributed by atoms with E-state index in [2.05, 4.69) is 44.5 Å². The number of nitrogens with one attached hydrogen (secondary N) is 1. The van der Waals surface area contributed by atoms with Crippen LogP contribution in [0.5, 0.6) is 0 Å². The Bertz CT molecular complexity index is 1150. The molecule has 29 heavy (non-hydrogen) atoms. The van der Waals surface area contributed by atoms with Crippen LogP contribution in [0.2, 0.25) is 0 Å². The second kappa shape index (κ2) is 7.64. The number of Topliss-reactive ketones (excluding diaryl/α,β-unsaturated/α-hetero) is 1. The lowest BCUT2D eigenvalue weighted by molar-refractivity contribution is 0.0989. The van der Waals surface area contributed by atoms with Crippen molar-refractivity contribution in [3.05, 3.63) is 83.3 Å². The predicted molar refractivity (Wildman–Crippen MR) is 112 cm³/mol. The van der Waals surface area contributed by atoms with Gasteiger partial charge in [-0.15, -0.1) is 0 Å². The highest BCUT2D eigenvalue weighted by Crippen LogP contribution is 2.18. The van der Waals surface area contributed by atoms with Gasteiger partial charge in [0, 0.05) is 24.5 Å². The predicted octanol–water partition coefficient (Wildman–Crippen LogP) is 3.44. The summed E-state index contributed by atoms with van der Waals surface area (Å²) in [5.41, 5.74) is 4.84. The van der Waals surface area contributed by atoms with Crippen LogP contribution in [0.3, 0.4) is 0 Å². The summed E-state index contributed by atoms with van der Waals surface area (Å²) in [6, 6.07) is 16.4. The van der Waals surface area contributed by atoms with Crippen molar-refractivity contribution < 1.29 is 4.79 Å². The molecule has 1 fully saturated rings. The third kappa shape index (κ3) is 3.84. The molecule has 1 aliphatic rings. The molecule has 6 heteroatoms. The summed E-state index contributed by atoms with van der Waals surface area (Å²) in [6.07, 6.45) is 5.33. The Morgan fingerprint density at radius 1 is 1.00 bits per heavy atom. The largest absolute Gasteiger partial charge is 0.299 e. The number of rotatable bonds is 7. The monoisotopic (exact) mass is 385 g/mol. The summed E-state index contributed by atoms with van der Waals surface area (Å²) in [5, 5.41) is 12.4. The minimum atomic E-state index is -0.00135. The third-order valence-electron chi connectivity index (χ3n) is 5.48. The van der Waals surface area contributed by atoms with Crippen LogP contribution in [0, 0.1) is 0 Å². The van der Waals surface area contributed by atoms with Gasteiger partial charge in [0.05, 0.1) is 18.3 Å². The SMILES string of the molecule is O=C(Cc1cnn(Cc2cccc(CN3CCC3)c2)c1)c1n[nH]c2ccccc12. The van der Waals surface area contributed by atoms with Crippen LogP contribution in [-0.4, -0.2) is 43.8 Å². The van der Waals surface area contributed by atoms with Crippen molar-refractivity contribution in [1.82, 2.24) is 24.9 Å². The molecule has 0 amide bonds. The Kier molecular flexibility index (Phi) is 4.69. The van der Waals surface area contributed by atoms with Gasteiger partial charge in [-0.2, -0.15) is 10.2 Å². The number of fused-ring (bicyclic) bond motifs is 1. The fourth-order valence-corrected chi connectivity index (χ4v) is 3.84. The Balaban J connectivity index is 1.26. The van der Waals surface area contributed by atoms with Gasteiger partial charge in [-0.3, -0.25) is 19.5 Å². The van der Waals surface area contributed by atoms with Crippen molar-refractivity contribution in [2.45, 2.75) is 25.9 Å². The Morgan fingerprint density at radius 2 is 1.83 bits per heavy atom. The fraction of sp³-hybridized carbons (Fsp3) is 0.261. The molecule has 0 spiro atoms. The Hall–Kier alpha value is -3.25. The number of benzene rings is 2. The van der Waals surface area contributed by atoms with Gasteiger partial charge in [-0.1, -0.05) is 42.5 Å². The van der Waals surface area contributed by atoms with Crippen LogP contribution in [0.25, 0.3) is 10.9 Å². The second-order valence-electron chi connectivity index (χ2n) is 7.71. The van der Waals surface area contributed by atoms with E-state index in [0.29, 0.717) is 18.7 Å². The summed E-state index contributed by atoms with van der Waals surface area (Å²) < 4.78 is 1.90. The van der Waals surface area contributed by atoms with E-state index >= 15 is 0 Å². The van der Waals surface area contributed by atoms with Crippen molar-refractivity contribution in [2.75, 3.05) is 13.1 Å². The number of hydrogen-bond acceptors (Lipinski definition) is 4. The first-order chi connectivity index (χ1) is 14.2. The number of carbonyl (C=O) groups excluding carboxylic acids is 1. The molecular weight excluding hydrogens is 362 g/mol. The Morgan fingerprint density at radius 3 is 2.66 bits per heavy atom. The highest BCUT2D eigenvalue weighted by Gasteiger charge is 2.16. The average Bonchev–Trinajstić information content (AvgIpc) is 3.32. The molecule has 1 saturated heterocycles. The summed E-state index contributed by atoms with van der Waals surface area (Å²) >= 11 is 0. The quantitative estimate of drug-likeness (QED) is 0.495. The van der Waals surface area contributed by atoms with Crippen LogP contribution in [0.1, 0.15) is 33.6 Å². The van der Waals surface area contributed by atoms with Crippen LogP contribution in [0.4, 0.5) is 0 Å². The van der Waals surface area contributed by atoms with E-state index in [0.717, 1.165) is 23.0 Å². The maximum absolute atomic E-state index is 12.7. The molecule has 2 aromatic carbocycles. The highest BCUT2D eigenvalue weighted by atomic mass is 16.1. The van der Waals surface area contributed by atoms with Crippen LogP contribution < -0.4 is 0 Å². The number of nitrogens with zero attached hydrogens (tertiary/aromatic N) is 4. The molecule has 1 N–H and O–H groups in total. The summed E-state index contributed by atoms with van der Waals surface area (Å²) in [7, 11) is 0. The zero-order valence-corrected chi connectivity index (χ0v) is 16.2. The number of hydrogen-bond donors (Lipinski definition) is 1. The first-order valence-corrected chi connectivity index (χ1v) is 10.0. The van der Waals surface area contributed by atoms with E-state index in [1.807, 2.05) is 35.1 Å². The minimum Gasteiger partial charge on any atom is -0.299 e. The van der Waals surface area contributed by atoms with Crippen LogP contribution in [0.15, 0.2) is 60.9 Å². The topological polar surface area (TPSA) is 66.8 Å². The van der Waals surface area contributed by atoms with Crippen molar-refractivity contribution >= 4 is 16.7 Å². The molecule has 1 aliphatic heterocycles. The first kappa shape index (κ1) is 17.8. The maximum atomic E-state index is 12.7. The zero-order valence-electron chi connectivity index (χ0n) is 16.2. The number of aromatic nitrogens is 4. The van der Waals surface area contributed by atoms with Crippen LogP contribution in [-0.2, 0) is 19.5 Å². The van der Waals surface area contributed by atoms with Gasteiger partial charge < -0.3 is 0 Å². The van der Waals surface area contributed by atoms with E-state index in [1.54, 1.807) is 6.20 Å². The number of carbonyl (C=O) groups is 1. The summed E-state index contributed by atoms with van der Waals surface area (Å²) in [5.74, 6) is -0.00135. The van der Waals surface area contributed by atoms with E-state index in [-0.39, 0.29) is 5.78 Å². The maximum Gasteiger partial charge on any atom is 0.188 e. The average molecular weight is 385 g/mol. The number of aromatic amines is 1. The molecule has 0 atom stereocenters. The molecule has 5 rings (SSSR count). The van der Waals surface area contributed by atoms with Gasteiger partial charge in [0.2, 0.25) is 0 Å². The van der Waals surface area contributed by atoms with E-state index in [4.69, 9.17) is 0 Å². The third-order valence-corrected chi connectivity index (χ3v) is 5.48. The van der Waals surface area contributed by atoms with Gasteiger partial charge in [0.25, 0.3) is 0 Å². The standard InChI is InChI=1S/C23H23N5O/c29-22(23-20-7-1-2-8-21(20)25-26-23)12-19-13-24-28(16-19)15-18-6-3-5-17(11-18)14-27-9-4-10-27/h1-3,5-8,11,13,16H,4,9-10,12,14-15H2,(H,25,26). The number of para-hydroxylation sites is 1. The Labute approximate surface area is 169 Å². The second-order valence-corrected chi connectivity index (χ2v) is 7.71. The normalized spacial score (nSPS) is 14.2. The molecule has 0 bridgehead atoms. The van der Waals surface area contributed by atoms with Crippen molar-refractivity contribution in [3.8, 4) is 0 Å². The van der Waals surface area contributed by atoms with Gasteiger partial charge in [-0.05, 0) is 42.3 Å². The number of H-pyrrole nitrogens is 1. The van der Waals surface area contributed by atoms with Crippen molar-refractivity contribution in [1.29, 1.82) is 0 Å². The van der Waals surface area contributed by atoms with E-state index in [1.165, 1.54) is 30.6 Å². The lowest BCUT2D eigenvalue weighted by Crippen LogP contribution is -2.36. The highest BCUT2D eigenvalue weighted by molar-refractivity contribution is 6.06. The molecule has 0 saturated carbocycles. The van der Waals surface area contributed by atoms with Crippen LogP contribution >= 0.6 is 0 Å². The fourth-order valence-electron chi connectivity index (χ4n) is 3.84. The van der Waals surface area contributed by atoms with E-state index in [9.17, 15) is 4.79 Å². The lowest BCUT2D eigenvalue weighted by Gasteiger charge is -2.30. The van der Waals surface area contributed by atoms with Gasteiger partial charge in [0.1, 0.15) is 5.69 Å². The van der Waals surface area contributed by atoms with Gasteiger partial charge >= 0.3 is 0 Å². The van der Waals surface area contributed by atoms with Crippen molar-refractivity contribution in [2.24, 2.45) is 0 Å². The molecular formula is C23H23N5O. The summed E-state index contributed by atoms with van der Waals surface area (Å²) in [6.45, 7) is 4.12.